The molecule has 1 amide bonds. The maximum Gasteiger partial charge on any atom is 0.251 e. The van der Waals surface area contributed by atoms with Gasteiger partial charge in [-0.3, -0.25) is 4.79 Å². The number of hydrogen-bond donors (Lipinski definition) is 1. The van der Waals surface area contributed by atoms with E-state index in [2.05, 4.69) is 41.4 Å². The van der Waals surface area contributed by atoms with Gasteiger partial charge >= 0.3 is 0 Å². The summed E-state index contributed by atoms with van der Waals surface area (Å²) in [7, 11) is 0. The van der Waals surface area contributed by atoms with E-state index in [-0.39, 0.29) is 11.3 Å². The van der Waals surface area contributed by atoms with Crippen molar-refractivity contribution in [3.8, 4) is 17.3 Å². The Morgan fingerprint density at radius 3 is 2.42 bits per heavy atom. The normalized spacial score (nSPS) is 11.5. The Kier molecular flexibility index (Phi) is 5.66. The molecule has 4 rings (SSSR count). The smallest absolute Gasteiger partial charge is 0.251 e. The summed E-state index contributed by atoms with van der Waals surface area (Å²) in [4.78, 5) is 12.4. The molecule has 0 aliphatic carbocycles. The van der Waals surface area contributed by atoms with Gasteiger partial charge in [-0.05, 0) is 29.2 Å². The van der Waals surface area contributed by atoms with E-state index in [1.165, 1.54) is 5.56 Å². The summed E-state index contributed by atoms with van der Waals surface area (Å²) in [6.45, 7) is 7.11. The molecule has 0 unspecified atom stereocenters. The van der Waals surface area contributed by atoms with Gasteiger partial charge in [0.15, 0.2) is 11.5 Å². The van der Waals surface area contributed by atoms with Gasteiger partial charge in [0.25, 0.3) is 5.91 Å². The minimum atomic E-state index is -0.127. The molecule has 31 heavy (non-hydrogen) atoms. The minimum absolute atomic E-state index is 0.0576. The van der Waals surface area contributed by atoms with E-state index in [1.807, 2.05) is 54.6 Å². The fourth-order valence-electron chi connectivity index (χ4n) is 3.16. The zero-order valence-corrected chi connectivity index (χ0v) is 17.9. The first-order valence-electron chi connectivity index (χ1n) is 10.2. The first-order chi connectivity index (χ1) is 14.9. The van der Waals surface area contributed by atoms with E-state index in [0.717, 1.165) is 5.56 Å². The Hall–Kier alpha value is -3.74. The van der Waals surface area contributed by atoms with Crippen LogP contribution in [0.4, 0.5) is 0 Å². The highest BCUT2D eigenvalue weighted by molar-refractivity contribution is 5.94. The number of fused-ring (bicyclic) bond motifs is 1. The monoisotopic (exact) mass is 415 g/mol. The average molecular weight is 415 g/mol. The molecule has 2 aromatic carbocycles. The second kappa shape index (κ2) is 8.55. The van der Waals surface area contributed by atoms with Crippen LogP contribution in [0.5, 0.6) is 5.88 Å². The summed E-state index contributed by atoms with van der Waals surface area (Å²) in [5.41, 5.74) is 3.44. The first kappa shape index (κ1) is 20.5. The van der Waals surface area contributed by atoms with Gasteiger partial charge < -0.3 is 10.1 Å². The van der Waals surface area contributed by atoms with Crippen molar-refractivity contribution in [1.29, 1.82) is 0 Å². The second-order valence-electron chi connectivity index (χ2n) is 8.26. The van der Waals surface area contributed by atoms with E-state index in [9.17, 15) is 4.79 Å². The predicted molar refractivity (Wildman–Crippen MR) is 119 cm³/mol. The van der Waals surface area contributed by atoms with E-state index in [4.69, 9.17) is 4.74 Å². The molecule has 0 radical (unpaired) electrons. The third-order valence-electron chi connectivity index (χ3n) is 4.92. The van der Waals surface area contributed by atoms with Crippen molar-refractivity contribution in [2.24, 2.45) is 0 Å². The number of carbonyl (C=O) groups is 1. The van der Waals surface area contributed by atoms with Gasteiger partial charge in [-0.15, -0.1) is 15.3 Å². The lowest BCUT2D eigenvalue weighted by Crippen LogP contribution is -2.28. The van der Waals surface area contributed by atoms with E-state index in [0.29, 0.717) is 36.1 Å². The van der Waals surface area contributed by atoms with E-state index in [1.54, 1.807) is 16.6 Å². The summed E-state index contributed by atoms with van der Waals surface area (Å²) in [5.74, 6) is 0.957. The number of carbonyl (C=O) groups excluding carboxylic acids is 1. The molecular formula is C24H25N5O2. The Balaban J connectivity index is 1.35. The largest absolute Gasteiger partial charge is 0.475 e. The van der Waals surface area contributed by atoms with Crippen molar-refractivity contribution in [2.75, 3.05) is 13.2 Å². The Labute approximate surface area is 181 Å². The summed E-state index contributed by atoms with van der Waals surface area (Å²) >= 11 is 0. The van der Waals surface area contributed by atoms with Crippen molar-refractivity contribution in [3.05, 3.63) is 77.9 Å². The van der Waals surface area contributed by atoms with Crippen LogP contribution in [0.25, 0.3) is 17.0 Å². The molecule has 4 aromatic rings. The number of hydrogen-bond acceptors (Lipinski definition) is 5. The lowest BCUT2D eigenvalue weighted by Gasteiger charge is -2.19. The van der Waals surface area contributed by atoms with Crippen molar-refractivity contribution in [1.82, 2.24) is 25.1 Å². The summed E-state index contributed by atoms with van der Waals surface area (Å²) in [6, 6.07) is 21.0. The standard InChI is InChI=1S/C24H25N5O2/c1-24(2,3)19-11-9-18(10-12-19)23(30)25-15-16-31-21-14-13-20-26-27-22(29(20)28-21)17-7-5-4-6-8-17/h4-14H,15-16H2,1-3H3,(H,25,30). The number of rotatable bonds is 6. The molecule has 2 heterocycles. The highest BCUT2D eigenvalue weighted by atomic mass is 16.5. The third kappa shape index (κ3) is 4.71. The molecule has 7 heteroatoms. The van der Waals surface area contributed by atoms with Crippen LogP contribution in [0.1, 0.15) is 36.7 Å². The summed E-state index contributed by atoms with van der Waals surface area (Å²) < 4.78 is 7.38. The highest BCUT2D eigenvalue weighted by Gasteiger charge is 2.14. The molecule has 0 atom stereocenters. The molecule has 2 aromatic heterocycles. The zero-order valence-electron chi connectivity index (χ0n) is 17.9. The minimum Gasteiger partial charge on any atom is -0.475 e. The van der Waals surface area contributed by atoms with Crippen LogP contribution in [-0.4, -0.2) is 38.9 Å². The second-order valence-corrected chi connectivity index (χ2v) is 8.26. The maximum atomic E-state index is 12.4. The molecular weight excluding hydrogens is 390 g/mol. The van der Waals surface area contributed by atoms with Crippen LogP contribution in [0.3, 0.4) is 0 Å². The summed E-state index contributed by atoms with van der Waals surface area (Å²) in [5, 5.41) is 15.7. The van der Waals surface area contributed by atoms with Crippen molar-refractivity contribution in [2.45, 2.75) is 26.2 Å². The maximum absolute atomic E-state index is 12.4. The molecule has 0 aliphatic rings. The van der Waals surface area contributed by atoms with Gasteiger partial charge in [-0.1, -0.05) is 63.2 Å². The van der Waals surface area contributed by atoms with E-state index < -0.39 is 0 Å². The molecule has 158 valence electrons. The fourth-order valence-corrected chi connectivity index (χ4v) is 3.16. The average Bonchev–Trinajstić information content (AvgIpc) is 3.20. The van der Waals surface area contributed by atoms with Gasteiger partial charge in [0.1, 0.15) is 6.61 Å². The molecule has 0 spiro atoms. The Morgan fingerprint density at radius 1 is 0.968 bits per heavy atom. The van der Waals surface area contributed by atoms with Gasteiger partial charge in [-0.2, -0.15) is 4.52 Å². The first-order valence-corrected chi connectivity index (χ1v) is 10.2. The molecule has 0 fully saturated rings. The third-order valence-corrected chi connectivity index (χ3v) is 4.92. The fraction of sp³-hybridized carbons (Fsp3) is 0.250. The van der Waals surface area contributed by atoms with Crippen molar-refractivity contribution in [3.63, 3.8) is 0 Å². The Morgan fingerprint density at radius 2 is 1.71 bits per heavy atom. The molecule has 0 aliphatic heterocycles. The number of nitrogens with one attached hydrogen (secondary N) is 1. The Bertz CT molecular complexity index is 1180. The number of nitrogens with zero attached hydrogens (tertiary/aromatic N) is 4. The van der Waals surface area contributed by atoms with Crippen LogP contribution < -0.4 is 10.1 Å². The van der Waals surface area contributed by atoms with Crippen molar-refractivity contribution < 1.29 is 9.53 Å². The number of benzene rings is 2. The van der Waals surface area contributed by atoms with Crippen LogP contribution >= 0.6 is 0 Å². The highest BCUT2D eigenvalue weighted by Crippen LogP contribution is 2.22. The number of ether oxygens (including phenoxy) is 1. The molecule has 0 bridgehead atoms. The van der Waals surface area contributed by atoms with Gasteiger partial charge in [0, 0.05) is 17.2 Å². The zero-order chi connectivity index (χ0) is 21.8. The van der Waals surface area contributed by atoms with E-state index >= 15 is 0 Å². The summed E-state index contributed by atoms with van der Waals surface area (Å²) in [6.07, 6.45) is 0. The number of amides is 1. The SMILES string of the molecule is CC(C)(C)c1ccc(C(=O)NCCOc2ccc3nnc(-c4ccccc4)n3n2)cc1. The van der Waals surface area contributed by atoms with Crippen LogP contribution in [0, 0.1) is 0 Å². The number of aromatic nitrogens is 4. The lowest BCUT2D eigenvalue weighted by molar-refractivity contribution is 0.0946. The predicted octanol–water partition coefficient (Wildman–Crippen LogP) is 3.90. The van der Waals surface area contributed by atoms with Gasteiger partial charge in [0.2, 0.25) is 5.88 Å². The quantitative estimate of drug-likeness (QED) is 0.483. The molecule has 1 N–H and O–H groups in total. The van der Waals surface area contributed by atoms with Crippen molar-refractivity contribution >= 4 is 11.6 Å². The molecule has 7 nitrogen and oxygen atoms in total. The van der Waals surface area contributed by atoms with Crippen LogP contribution in [-0.2, 0) is 5.41 Å². The van der Waals surface area contributed by atoms with Gasteiger partial charge in [-0.25, -0.2) is 0 Å². The van der Waals surface area contributed by atoms with Crippen LogP contribution in [0.2, 0.25) is 0 Å². The lowest BCUT2D eigenvalue weighted by atomic mass is 9.87. The van der Waals surface area contributed by atoms with Gasteiger partial charge in [0.05, 0.1) is 6.54 Å². The topological polar surface area (TPSA) is 81.4 Å². The molecule has 0 saturated carbocycles. The van der Waals surface area contributed by atoms with Crippen LogP contribution in [0.15, 0.2) is 66.7 Å². The molecule has 0 saturated heterocycles.